The van der Waals surface area contributed by atoms with E-state index in [2.05, 4.69) is 9.97 Å². The van der Waals surface area contributed by atoms with Gasteiger partial charge in [0, 0.05) is 23.5 Å². The minimum absolute atomic E-state index is 0.0882. The number of aromatic nitrogens is 2. The highest BCUT2D eigenvalue weighted by molar-refractivity contribution is 7.22. The number of nitrogens with zero attached hydrogens (tertiary/aromatic N) is 3. The first-order valence-electron chi connectivity index (χ1n) is 11.7. The van der Waals surface area contributed by atoms with Gasteiger partial charge in [0.25, 0.3) is 5.78 Å². The van der Waals surface area contributed by atoms with Gasteiger partial charge < -0.3 is 9.84 Å². The normalized spacial score (nSPS) is 17.4. The number of hydrogen-bond acceptors (Lipinski definition) is 7. The molecular formula is C28H23ClFN3O4S. The van der Waals surface area contributed by atoms with Crippen LogP contribution in [0.25, 0.3) is 16.0 Å². The van der Waals surface area contributed by atoms with Crippen molar-refractivity contribution in [2.24, 2.45) is 0 Å². The largest absolute Gasteiger partial charge is 0.507 e. The van der Waals surface area contributed by atoms with Crippen molar-refractivity contribution in [3.8, 4) is 5.75 Å². The molecule has 5 rings (SSSR count). The van der Waals surface area contributed by atoms with E-state index in [0.717, 1.165) is 16.9 Å². The Labute approximate surface area is 227 Å². The molecule has 1 unspecified atom stereocenters. The van der Waals surface area contributed by atoms with Gasteiger partial charge in [-0.15, -0.1) is 0 Å². The SMILES string of the molecule is COc1ccc(/C(O)=C2\C(=O)C(=O)N(c3nc4cc(Cl)c(F)cc4s3)C2c2ccncc2)cc1C(C)(C)C. The van der Waals surface area contributed by atoms with Gasteiger partial charge in [0.2, 0.25) is 0 Å². The van der Waals surface area contributed by atoms with Gasteiger partial charge >= 0.3 is 5.91 Å². The molecular weight excluding hydrogens is 529 g/mol. The summed E-state index contributed by atoms with van der Waals surface area (Å²) in [4.78, 5) is 36.6. The summed E-state index contributed by atoms with van der Waals surface area (Å²) in [6, 6.07) is 10.1. The number of carbonyl (C=O) groups is 2. The van der Waals surface area contributed by atoms with Crippen molar-refractivity contribution in [1.29, 1.82) is 0 Å². The Morgan fingerprint density at radius 3 is 2.50 bits per heavy atom. The van der Waals surface area contributed by atoms with Crippen LogP contribution in [0.3, 0.4) is 0 Å². The van der Waals surface area contributed by atoms with Crippen LogP contribution in [0, 0.1) is 5.82 Å². The molecule has 1 saturated heterocycles. The minimum atomic E-state index is -0.987. The van der Waals surface area contributed by atoms with Crippen LogP contribution in [-0.2, 0) is 15.0 Å². The molecule has 0 aliphatic carbocycles. The molecule has 3 heterocycles. The molecule has 0 spiro atoms. The van der Waals surface area contributed by atoms with Crippen molar-refractivity contribution in [2.45, 2.75) is 32.2 Å². The average molecular weight is 552 g/mol. The summed E-state index contributed by atoms with van der Waals surface area (Å²) >= 11 is 6.98. The zero-order valence-electron chi connectivity index (χ0n) is 21.0. The van der Waals surface area contributed by atoms with Crippen LogP contribution in [0.15, 0.2) is 60.4 Å². The van der Waals surface area contributed by atoms with Gasteiger partial charge in [-0.1, -0.05) is 43.7 Å². The zero-order chi connectivity index (χ0) is 27.4. The fraction of sp³-hybridized carbons (Fsp3) is 0.214. The number of aliphatic hydroxyl groups excluding tert-OH is 1. The molecule has 1 amide bonds. The Morgan fingerprint density at radius 2 is 1.84 bits per heavy atom. The van der Waals surface area contributed by atoms with Gasteiger partial charge in [-0.05, 0) is 53.4 Å². The number of hydrogen-bond donors (Lipinski definition) is 1. The highest BCUT2D eigenvalue weighted by Gasteiger charge is 2.48. The summed E-state index contributed by atoms with van der Waals surface area (Å²) in [5.41, 5.74) is 1.71. The number of anilines is 1. The van der Waals surface area contributed by atoms with Crippen molar-refractivity contribution in [1.82, 2.24) is 9.97 Å². The number of carbonyl (C=O) groups excluding carboxylic acids is 2. The molecule has 1 fully saturated rings. The standard InChI is InChI=1S/C28H23ClFN3O4S/c1-28(2,3)16-11-15(5-6-20(16)37-4)24(34)22-23(14-7-9-31-10-8-14)33(26(36)25(22)35)27-32-19-12-17(29)18(30)13-21(19)38-27/h5-13,23,34H,1-4H3/b24-22+. The maximum Gasteiger partial charge on any atom is 0.301 e. The summed E-state index contributed by atoms with van der Waals surface area (Å²) in [6.45, 7) is 6.02. The van der Waals surface area contributed by atoms with Crippen LogP contribution in [-0.4, -0.2) is 33.9 Å². The molecule has 0 radical (unpaired) electrons. The first-order valence-corrected chi connectivity index (χ1v) is 12.9. The number of rotatable bonds is 4. The molecule has 2 aromatic heterocycles. The van der Waals surface area contributed by atoms with E-state index in [4.69, 9.17) is 16.3 Å². The number of Topliss-reactive ketones (excluding diaryl/α,β-unsaturated/α-hetero) is 1. The molecule has 2 aromatic carbocycles. The van der Waals surface area contributed by atoms with Gasteiger partial charge in [-0.2, -0.15) is 0 Å². The van der Waals surface area contributed by atoms with Crippen molar-refractivity contribution in [3.05, 3.63) is 88.0 Å². The maximum absolute atomic E-state index is 14.1. The quantitative estimate of drug-likeness (QED) is 0.179. The van der Waals surface area contributed by atoms with Gasteiger partial charge in [0.15, 0.2) is 5.13 Å². The smallest absolute Gasteiger partial charge is 0.301 e. The fourth-order valence-corrected chi connectivity index (χ4v) is 5.66. The second-order valence-corrected chi connectivity index (χ2v) is 11.3. The Bertz CT molecular complexity index is 1590. The topological polar surface area (TPSA) is 92.6 Å². The van der Waals surface area contributed by atoms with Crippen LogP contribution in [0.5, 0.6) is 5.75 Å². The molecule has 38 heavy (non-hydrogen) atoms. The lowest BCUT2D eigenvalue weighted by Gasteiger charge is -2.24. The molecule has 7 nitrogen and oxygen atoms in total. The summed E-state index contributed by atoms with van der Waals surface area (Å²) in [7, 11) is 1.57. The maximum atomic E-state index is 14.1. The van der Waals surface area contributed by atoms with Crippen molar-refractivity contribution in [3.63, 3.8) is 0 Å². The lowest BCUT2D eigenvalue weighted by molar-refractivity contribution is -0.132. The first kappa shape index (κ1) is 25.8. The molecule has 0 saturated carbocycles. The monoisotopic (exact) mass is 551 g/mol. The number of fused-ring (bicyclic) bond motifs is 1. The van der Waals surface area contributed by atoms with Crippen LogP contribution in [0.1, 0.15) is 43.5 Å². The lowest BCUT2D eigenvalue weighted by atomic mass is 9.84. The van der Waals surface area contributed by atoms with Gasteiger partial charge in [-0.3, -0.25) is 19.5 Å². The summed E-state index contributed by atoms with van der Waals surface area (Å²) in [5.74, 6) is -2.02. The summed E-state index contributed by atoms with van der Waals surface area (Å²) in [6.07, 6.45) is 3.07. The molecule has 1 aliphatic heterocycles. The second kappa shape index (κ2) is 9.49. The van der Waals surface area contributed by atoms with Crippen LogP contribution in [0.2, 0.25) is 5.02 Å². The van der Waals surface area contributed by atoms with Crippen LogP contribution < -0.4 is 9.64 Å². The van der Waals surface area contributed by atoms with Crippen molar-refractivity contribution >= 4 is 55.7 Å². The zero-order valence-corrected chi connectivity index (χ0v) is 22.5. The molecule has 1 atom stereocenters. The van der Waals surface area contributed by atoms with Gasteiger partial charge in [-0.25, -0.2) is 9.37 Å². The van der Waals surface area contributed by atoms with E-state index in [0.29, 0.717) is 27.1 Å². The molecule has 4 aromatic rings. The third-order valence-corrected chi connectivity index (χ3v) is 7.68. The number of thiazole rings is 1. The van der Waals surface area contributed by atoms with Gasteiger partial charge in [0.05, 0.1) is 34.0 Å². The first-order chi connectivity index (χ1) is 18.0. The number of halogens is 2. The number of methoxy groups -OCH3 is 1. The molecule has 1 N–H and O–H groups in total. The second-order valence-electron chi connectivity index (χ2n) is 9.85. The van der Waals surface area contributed by atoms with E-state index in [1.54, 1.807) is 37.4 Å². The summed E-state index contributed by atoms with van der Waals surface area (Å²) in [5, 5.41) is 11.6. The Morgan fingerprint density at radius 1 is 1.13 bits per heavy atom. The van der Waals surface area contributed by atoms with E-state index < -0.39 is 23.5 Å². The minimum Gasteiger partial charge on any atom is -0.507 e. The van der Waals surface area contributed by atoms with E-state index in [-0.39, 0.29) is 26.9 Å². The number of aliphatic hydroxyl groups is 1. The molecule has 1 aliphatic rings. The third kappa shape index (κ3) is 4.31. The van der Waals surface area contributed by atoms with Crippen LogP contribution in [0.4, 0.5) is 9.52 Å². The van der Waals surface area contributed by atoms with E-state index in [9.17, 15) is 19.1 Å². The molecule has 10 heteroatoms. The number of ketones is 1. The average Bonchev–Trinajstić information content (AvgIpc) is 3.40. The lowest BCUT2D eigenvalue weighted by Crippen LogP contribution is -2.29. The highest BCUT2D eigenvalue weighted by atomic mass is 35.5. The molecule has 0 bridgehead atoms. The highest BCUT2D eigenvalue weighted by Crippen LogP contribution is 2.45. The summed E-state index contributed by atoms with van der Waals surface area (Å²) < 4.78 is 20.1. The number of pyridine rings is 1. The number of ether oxygens (including phenoxy) is 1. The fourth-order valence-electron chi connectivity index (χ4n) is 4.50. The van der Waals surface area contributed by atoms with Crippen molar-refractivity contribution in [2.75, 3.05) is 12.0 Å². The predicted molar refractivity (Wildman–Crippen MR) is 145 cm³/mol. The van der Waals surface area contributed by atoms with E-state index in [1.807, 2.05) is 20.8 Å². The molecule has 194 valence electrons. The van der Waals surface area contributed by atoms with E-state index >= 15 is 0 Å². The number of amides is 1. The Hall–Kier alpha value is -3.82. The number of benzene rings is 2. The predicted octanol–water partition coefficient (Wildman–Crippen LogP) is 6.42. The van der Waals surface area contributed by atoms with Crippen molar-refractivity contribution < 1.29 is 23.8 Å². The Kier molecular flexibility index (Phi) is 6.44. The Balaban J connectivity index is 1.72. The van der Waals surface area contributed by atoms with Gasteiger partial charge in [0.1, 0.15) is 17.3 Å². The van der Waals surface area contributed by atoms with E-state index in [1.165, 1.54) is 29.4 Å². The third-order valence-electron chi connectivity index (χ3n) is 6.37. The van der Waals surface area contributed by atoms with Crippen LogP contribution >= 0.6 is 22.9 Å².